The van der Waals surface area contributed by atoms with Gasteiger partial charge in [-0.1, -0.05) is 25.8 Å². The first kappa shape index (κ1) is 16.5. The van der Waals surface area contributed by atoms with E-state index in [0.717, 1.165) is 19.3 Å². The van der Waals surface area contributed by atoms with E-state index in [2.05, 4.69) is 6.92 Å². The second-order valence-corrected chi connectivity index (χ2v) is 6.19. The zero-order valence-electron chi connectivity index (χ0n) is 12.4. The molecule has 0 aromatic heterocycles. The van der Waals surface area contributed by atoms with E-state index in [9.17, 15) is 13.2 Å². The maximum Gasteiger partial charge on any atom is 0.418 e. The van der Waals surface area contributed by atoms with Gasteiger partial charge < -0.3 is 4.90 Å². The molecular weight excluding hydrogens is 299 g/mol. The van der Waals surface area contributed by atoms with Crippen molar-refractivity contribution in [2.45, 2.75) is 50.7 Å². The molecule has 2 unspecified atom stereocenters. The van der Waals surface area contributed by atoms with Crippen LogP contribution >= 0.6 is 11.6 Å². The quantitative estimate of drug-likeness (QED) is 0.669. The Morgan fingerprint density at radius 1 is 1.24 bits per heavy atom. The van der Waals surface area contributed by atoms with E-state index in [1.165, 1.54) is 12.5 Å². The molecular formula is C16H21ClF3N. The van der Waals surface area contributed by atoms with E-state index < -0.39 is 11.7 Å². The van der Waals surface area contributed by atoms with Crippen molar-refractivity contribution in [1.29, 1.82) is 0 Å². The van der Waals surface area contributed by atoms with Crippen LogP contribution in [0.15, 0.2) is 18.2 Å². The van der Waals surface area contributed by atoms with Crippen molar-refractivity contribution in [1.82, 2.24) is 0 Å². The molecule has 1 nitrogen and oxygen atoms in total. The molecule has 1 aromatic carbocycles. The van der Waals surface area contributed by atoms with Gasteiger partial charge in [-0.05, 0) is 36.5 Å². The van der Waals surface area contributed by atoms with Crippen LogP contribution in [0.4, 0.5) is 18.9 Å². The van der Waals surface area contributed by atoms with E-state index in [0.29, 0.717) is 11.5 Å². The topological polar surface area (TPSA) is 3.24 Å². The minimum Gasteiger partial charge on any atom is -0.371 e. The van der Waals surface area contributed by atoms with Crippen molar-refractivity contribution in [2.75, 3.05) is 11.9 Å². The molecule has 0 amide bonds. The van der Waals surface area contributed by atoms with E-state index in [-0.39, 0.29) is 17.6 Å². The van der Waals surface area contributed by atoms with Crippen LogP contribution < -0.4 is 4.90 Å². The predicted octanol–water partition coefficient (Wildman–Crippen LogP) is 5.46. The second kappa shape index (κ2) is 6.47. The summed E-state index contributed by atoms with van der Waals surface area (Å²) in [6, 6.07) is 4.58. The fourth-order valence-corrected chi connectivity index (χ4v) is 3.42. The highest BCUT2D eigenvalue weighted by Gasteiger charge is 2.36. The number of alkyl halides is 4. The lowest BCUT2D eigenvalue weighted by molar-refractivity contribution is -0.137. The molecule has 0 radical (unpaired) electrons. The smallest absolute Gasteiger partial charge is 0.371 e. The van der Waals surface area contributed by atoms with E-state index in [4.69, 9.17) is 11.6 Å². The largest absolute Gasteiger partial charge is 0.418 e. The summed E-state index contributed by atoms with van der Waals surface area (Å²) in [5, 5.41) is 0. The first-order valence-corrected chi connectivity index (χ1v) is 7.87. The number of nitrogens with zero attached hydrogens (tertiary/aromatic N) is 1. The van der Waals surface area contributed by atoms with Crippen LogP contribution in [-0.2, 0) is 12.1 Å². The molecule has 0 spiro atoms. The van der Waals surface area contributed by atoms with Crippen LogP contribution in [0, 0.1) is 5.92 Å². The number of hydrogen-bond acceptors (Lipinski definition) is 1. The lowest BCUT2D eigenvalue weighted by atomic mass is 9.84. The SMILES string of the molecule is CC1CCCCC1N(C)c1ccc(CCl)cc1C(F)(F)F. The summed E-state index contributed by atoms with van der Waals surface area (Å²) in [7, 11) is 1.78. The molecule has 1 aliphatic carbocycles. The molecule has 1 fully saturated rings. The average Bonchev–Trinajstić information content (AvgIpc) is 2.45. The van der Waals surface area contributed by atoms with E-state index >= 15 is 0 Å². The Bertz CT molecular complexity index is 487. The lowest BCUT2D eigenvalue weighted by Gasteiger charge is -2.38. The summed E-state index contributed by atoms with van der Waals surface area (Å²) in [6.07, 6.45) is -0.0742. The fourth-order valence-electron chi connectivity index (χ4n) is 3.25. The third kappa shape index (κ3) is 3.65. The maximum atomic E-state index is 13.3. The van der Waals surface area contributed by atoms with Crippen LogP contribution in [0.3, 0.4) is 0 Å². The number of hydrogen-bond donors (Lipinski definition) is 0. The average molecular weight is 320 g/mol. The van der Waals surface area contributed by atoms with Gasteiger partial charge in [0.2, 0.25) is 0 Å². The van der Waals surface area contributed by atoms with Gasteiger partial charge >= 0.3 is 6.18 Å². The van der Waals surface area contributed by atoms with Crippen LogP contribution in [0.5, 0.6) is 0 Å². The fraction of sp³-hybridized carbons (Fsp3) is 0.625. The Hall–Kier alpha value is -0.900. The minimum atomic E-state index is -4.36. The Labute approximate surface area is 129 Å². The highest BCUT2D eigenvalue weighted by atomic mass is 35.5. The molecule has 1 aromatic rings. The zero-order chi connectivity index (χ0) is 15.6. The summed E-state index contributed by atoms with van der Waals surface area (Å²) >= 11 is 5.67. The van der Waals surface area contributed by atoms with E-state index in [1.54, 1.807) is 19.2 Å². The van der Waals surface area contributed by atoms with Crippen LogP contribution in [0.1, 0.15) is 43.7 Å². The highest BCUT2D eigenvalue weighted by molar-refractivity contribution is 6.17. The van der Waals surface area contributed by atoms with Crippen LogP contribution in [0.25, 0.3) is 0 Å². The number of anilines is 1. The van der Waals surface area contributed by atoms with Crippen LogP contribution in [0.2, 0.25) is 0 Å². The van der Waals surface area contributed by atoms with Gasteiger partial charge in [0.25, 0.3) is 0 Å². The van der Waals surface area contributed by atoms with Crippen molar-refractivity contribution in [3.8, 4) is 0 Å². The first-order chi connectivity index (χ1) is 9.84. The Balaban J connectivity index is 2.37. The van der Waals surface area contributed by atoms with Gasteiger partial charge in [0.05, 0.1) is 5.56 Å². The van der Waals surface area contributed by atoms with Crippen molar-refractivity contribution >= 4 is 17.3 Å². The van der Waals surface area contributed by atoms with Crippen molar-refractivity contribution < 1.29 is 13.2 Å². The standard InChI is InChI=1S/C16H21ClF3N/c1-11-5-3-4-6-14(11)21(2)15-8-7-12(10-17)9-13(15)16(18,19)20/h7-9,11,14H,3-6,10H2,1-2H3. The molecule has 21 heavy (non-hydrogen) atoms. The Morgan fingerprint density at radius 3 is 2.48 bits per heavy atom. The minimum absolute atomic E-state index is 0.0902. The molecule has 0 bridgehead atoms. The number of rotatable bonds is 3. The van der Waals surface area contributed by atoms with Gasteiger partial charge in [-0.3, -0.25) is 0 Å². The van der Waals surface area contributed by atoms with Crippen molar-refractivity contribution in [3.05, 3.63) is 29.3 Å². The van der Waals surface area contributed by atoms with Gasteiger partial charge in [-0.15, -0.1) is 11.6 Å². The van der Waals surface area contributed by atoms with Gasteiger partial charge in [-0.25, -0.2) is 0 Å². The van der Waals surface area contributed by atoms with E-state index in [1.807, 2.05) is 4.90 Å². The maximum absolute atomic E-state index is 13.3. The molecule has 0 heterocycles. The number of benzene rings is 1. The summed E-state index contributed by atoms with van der Waals surface area (Å²) in [5.41, 5.74) is 0.175. The molecule has 2 atom stereocenters. The summed E-state index contributed by atoms with van der Waals surface area (Å²) in [6.45, 7) is 2.13. The van der Waals surface area contributed by atoms with Gasteiger partial charge in [0, 0.05) is 24.7 Å². The molecule has 1 aliphatic rings. The molecule has 5 heteroatoms. The molecule has 2 rings (SSSR count). The third-order valence-corrected chi connectivity index (χ3v) is 4.77. The molecule has 118 valence electrons. The highest BCUT2D eigenvalue weighted by Crippen LogP contribution is 2.40. The third-order valence-electron chi connectivity index (χ3n) is 4.46. The van der Waals surface area contributed by atoms with Crippen molar-refractivity contribution in [3.63, 3.8) is 0 Å². The van der Waals surface area contributed by atoms with Gasteiger partial charge in [0.1, 0.15) is 0 Å². The van der Waals surface area contributed by atoms with Gasteiger partial charge in [-0.2, -0.15) is 13.2 Å². The normalized spacial score (nSPS) is 23.1. The number of halogens is 4. The summed E-state index contributed by atoms with van der Waals surface area (Å²) < 4.78 is 40.0. The Morgan fingerprint density at radius 2 is 1.90 bits per heavy atom. The summed E-state index contributed by atoms with van der Waals surface area (Å²) in [5.74, 6) is 0.505. The zero-order valence-corrected chi connectivity index (χ0v) is 13.1. The van der Waals surface area contributed by atoms with Crippen molar-refractivity contribution in [2.24, 2.45) is 5.92 Å². The summed E-state index contributed by atoms with van der Waals surface area (Å²) in [4.78, 5) is 1.81. The predicted molar refractivity (Wildman–Crippen MR) is 80.8 cm³/mol. The second-order valence-electron chi connectivity index (χ2n) is 5.92. The van der Waals surface area contributed by atoms with Gasteiger partial charge in [0.15, 0.2) is 0 Å². The molecule has 0 saturated heterocycles. The molecule has 1 saturated carbocycles. The van der Waals surface area contributed by atoms with Crippen LogP contribution in [-0.4, -0.2) is 13.1 Å². The monoisotopic (exact) mass is 319 g/mol. The molecule has 0 aliphatic heterocycles. The Kier molecular flexibility index (Phi) is 5.07. The lowest BCUT2D eigenvalue weighted by Crippen LogP contribution is -2.40. The molecule has 0 N–H and O–H groups in total. The first-order valence-electron chi connectivity index (χ1n) is 7.33.